The first-order valence-electron chi connectivity index (χ1n) is 6.86. The van der Waals surface area contributed by atoms with E-state index in [2.05, 4.69) is 39.5 Å². The number of hydrogen-bond donors (Lipinski definition) is 1. The first-order valence-corrected chi connectivity index (χ1v) is 6.86. The van der Waals surface area contributed by atoms with Gasteiger partial charge < -0.3 is 5.11 Å². The fourth-order valence-electron chi connectivity index (χ4n) is 2.33. The van der Waals surface area contributed by atoms with Gasteiger partial charge in [0, 0.05) is 0 Å². The van der Waals surface area contributed by atoms with Gasteiger partial charge in [0.1, 0.15) is 0 Å². The first kappa shape index (κ1) is 14.2. The van der Waals surface area contributed by atoms with Crippen LogP contribution in [0, 0.1) is 5.92 Å². The third-order valence-electron chi connectivity index (χ3n) is 3.89. The van der Waals surface area contributed by atoms with Gasteiger partial charge in [-0.15, -0.1) is 0 Å². The number of aliphatic hydroxyl groups excluding tert-OH is 1. The molecule has 1 nitrogen and oxygen atoms in total. The molecule has 2 unspecified atom stereocenters. The minimum atomic E-state index is -0.322. The summed E-state index contributed by atoms with van der Waals surface area (Å²) in [6, 6.07) is 0. The van der Waals surface area contributed by atoms with Crippen molar-refractivity contribution in [3.8, 4) is 0 Å². The molecule has 1 saturated carbocycles. The van der Waals surface area contributed by atoms with Crippen molar-refractivity contribution in [3.63, 3.8) is 0 Å². The Labute approximate surface area is 106 Å². The molecule has 0 radical (unpaired) electrons. The normalized spacial score (nSPS) is 26.4. The Bertz CT molecular complexity index is 322. The molecular weight excluding hydrogens is 208 g/mol. The van der Waals surface area contributed by atoms with Crippen LogP contribution in [0.2, 0.25) is 0 Å². The SMILES string of the molecule is C=C1/C(=C\C=C(/CC)C(C)CC)CCCC1O. The van der Waals surface area contributed by atoms with Crippen LogP contribution >= 0.6 is 0 Å². The van der Waals surface area contributed by atoms with Gasteiger partial charge in [0.25, 0.3) is 0 Å². The molecule has 0 heterocycles. The highest BCUT2D eigenvalue weighted by molar-refractivity contribution is 5.37. The van der Waals surface area contributed by atoms with Crippen molar-refractivity contribution in [2.75, 3.05) is 0 Å². The van der Waals surface area contributed by atoms with Crippen molar-refractivity contribution in [1.29, 1.82) is 0 Å². The summed E-state index contributed by atoms with van der Waals surface area (Å²) < 4.78 is 0. The Morgan fingerprint density at radius 3 is 2.82 bits per heavy atom. The Kier molecular flexibility index (Phi) is 5.70. The predicted molar refractivity (Wildman–Crippen MR) is 74.9 cm³/mol. The zero-order chi connectivity index (χ0) is 12.8. The lowest BCUT2D eigenvalue weighted by Crippen LogP contribution is -2.16. The van der Waals surface area contributed by atoms with Gasteiger partial charge in [-0.3, -0.25) is 0 Å². The van der Waals surface area contributed by atoms with Crippen LogP contribution in [-0.2, 0) is 0 Å². The molecule has 1 fully saturated rings. The number of rotatable bonds is 4. The van der Waals surface area contributed by atoms with Gasteiger partial charge in [0.05, 0.1) is 6.10 Å². The zero-order valence-corrected chi connectivity index (χ0v) is 11.5. The van der Waals surface area contributed by atoms with Gasteiger partial charge in [0.2, 0.25) is 0 Å². The zero-order valence-electron chi connectivity index (χ0n) is 11.5. The van der Waals surface area contributed by atoms with Crippen LogP contribution in [0.25, 0.3) is 0 Å². The van der Waals surface area contributed by atoms with Gasteiger partial charge in [-0.1, -0.05) is 45.1 Å². The lowest BCUT2D eigenvalue weighted by atomic mass is 9.87. The Morgan fingerprint density at radius 1 is 1.53 bits per heavy atom. The van der Waals surface area contributed by atoms with E-state index in [1.54, 1.807) is 0 Å². The third kappa shape index (κ3) is 3.85. The molecule has 2 atom stereocenters. The van der Waals surface area contributed by atoms with E-state index in [-0.39, 0.29) is 6.10 Å². The number of hydrogen-bond acceptors (Lipinski definition) is 1. The topological polar surface area (TPSA) is 20.2 Å². The average molecular weight is 234 g/mol. The summed E-state index contributed by atoms with van der Waals surface area (Å²) in [6.07, 6.45) is 9.39. The summed E-state index contributed by atoms with van der Waals surface area (Å²) in [4.78, 5) is 0. The smallest absolute Gasteiger partial charge is 0.0787 e. The van der Waals surface area contributed by atoms with Crippen LogP contribution in [-0.4, -0.2) is 11.2 Å². The molecule has 0 amide bonds. The molecular formula is C16H26O. The van der Waals surface area contributed by atoms with E-state index in [0.717, 1.165) is 31.3 Å². The summed E-state index contributed by atoms with van der Waals surface area (Å²) in [5.74, 6) is 0.652. The molecule has 1 heteroatoms. The maximum absolute atomic E-state index is 9.76. The van der Waals surface area contributed by atoms with E-state index in [9.17, 15) is 5.11 Å². The quantitative estimate of drug-likeness (QED) is 0.764. The lowest BCUT2D eigenvalue weighted by Gasteiger charge is -2.22. The summed E-state index contributed by atoms with van der Waals surface area (Å²) in [5.41, 5.74) is 3.65. The molecule has 0 spiro atoms. The van der Waals surface area contributed by atoms with Gasteiger partial charge in [0.15, 0.2) is 0 Å². The predicted octanol–water partition coefficient (Wildman–Crippen LogP) is 4.40. The monoisotopic (exact) mass is 234 g/mol. The molecule has 0 bridgehead atoms. The third-order valence-corrected chi connectivity index (χ3v) is 3.89. The van der Waals surface area contributed by atoms with Crippen molar-refractivity contribution in [2.45, 2.75) is 59.0 Å². The molecule has 0 aromatic heterocycles. The van der Waals surface area contributed by atoms with E-state index >= 15 is 0 Å². The van der Waals surface area contributed by atoms with Crippen LogP contribution in [0.15, 0.2) is 35.5 Å². The van der Waals surface area contributed by atoms with E-state index in [0.29, 0.717) is 5.92 Å². The summed E-state index contributed by atoms with van der Waals surface area (Å²) in [6.45, 7) is 10.7. The minimum absolute atomic E-state index is 0.322. The fraction of sp³-hybridized carbons (Fsp3) is 0.625. The molecule has 0 aliphatic heterocycles. The van der Waals surface area contributed by atoms with E-state index in [1.165, 1.54) is 17.6 Å². The molecule has 96 valence electrons. The molecule has 1 rings (SSSR count). The summed E-state index contributed by atoms with van der Waals surface area (Å²) in [5, 5.41) is 9.76. The van der Waals surface area contributed by atoms with E-state index in [4.69, 9.17) is 0 Å². The highest BCUT2D eigenvalue weighted by Gasteiger charge is 2.18. The van der Waals surface area contributed by atoms with Crippen molar-refractivity contribution in [1.82, 2.24) is 0 Å². The van der Waals surface area contributed by atoms with Crippen LogP contribution in [0.5, 0.6) is 0 Å². The molecule has 0 aromatic carbocycles. The van der Waals surface area contributed by atoms with Crippen LogP contribution < -0.4 is 0 Å². The fourth-order valence-corrected chi connectivity index (χ4v) is 2.33. The Balaban J connectivity index is 2.80. The van der Waals surface area contributed by atoms with Crippen molar-refractivity contribution in [3.05, 3.63) is 35.5 Å². The van der Waals surface area contributed by atoms with Crippen molar-refractivity contribution in [2.24, 2.45) is 5.92 Å². The molecule has 1 aliphatic carbocycles. The highest BCUT2D eigenvalue weighted by atomic mass is 16.3. The van der Waals surface area contributed by atoms with Crippen molar-refractivity contribution < 1.29 is 5.11 Å². The van der Waals surface area contributed by atoms with Crippen molar-refractivity contribution >= 4 is 0 Å². The number of aliphatic hydroxyl groups is 1. The molecule has 17 heavy (non-hydrogen) atoms. The Hall–Kier alpha value is -0.820. The van der Waals surface area contributed by atoms with Gasteiger partial charge in [-0.05, 0) is 49.2 Å². The molecule has 0 aromatic rings. The largest absolute Gasteiger partial charge is 0.388 e. The average Bonchev–Trinajstić information content (AvgIpc) is 2.34. The van der Waals surface area contributed by atoms with Crippen LogP contribution in [0.3, 0.4) is 0 Å². The standard InChI is InChI=1S/C16H26O/c1-5-12(3)14(6-2)10-11-15-8-7-9-16(17)13(15)4/h10-12,16-17H,4-9H2,1-3H3/b14-10+,15-11-. The summed E-state index contributed by atoms with van der Waals surface area (Å²) in [7, 11) is 0. The van der Waals surface area contributed by atoms with E-state index in [1.807, 2.05) is 0 Å². The second kappa shape index (κ2) is 6.80. The van der Waals surface area contributed by atoms with Crippen LogP contribution in [0.1, 0.15) is 52.9 Å². The maximum atomic E-state index is 9.76. The summed E-state index contributed by atoms with van der Waals surface area (Å²) >= 11 is 0. The lowest BCUT2D eigenvalue weighted by molar-refractivity contribution is 0.191. The second-order valence-electron chi connectivity index (χ2n) is 5.03. The maximum Gasteiger partial charge on any atom is 0.0787 e. The first-order chi connectivity index (χ1) is 8.10. The molecule has 0 saturated heterocycles. The molecule has 1 aliphatic rings. The highest BCUT2D eigenvalue weighted by Crippen LogP contribution is 2.28. The van der Waals surface area contributed by atoms with E-state index < -0.39 is 0 Å². The van der Waals surface area contributed by atoms with Gasteiger partial charge in [-0.2, -0.15) is 0 Å². The molecule has 1 N–H and O–H groups in total. The second-order valence-corrected chi connectivity index (χ2v) is 5.03. The van der Waals surface area contributed by atoms with Crippen LogP contribution in [0.4, 0.5) is 0 Å². The van der Waals surface area contributed by atoms with Gasteiger partial charge >= 0.3 is 0 Å². The Morgan fingerprint density at radius 2 is 2.24 bits per heavy atom. The minimum Gasteiger partial charge on any atom is -0.388 e. The van der Waals surface area contributed by atoms with Gasteiger partial charge in [-0.25, -0.2) is 0 Å². The number of allylic oxidation sites excluding steroid dienone is 3.